The van der Waals surface area contributed by atoms with Gasteiger partial charge in [0, 0.05) is 31.8 Å². The Kier molecular flexibility index (Phi) is 3.61. The molecule has 0 aliphatic carbocycles. The zero-order chi connectivity index (χ0) is 11.5. The molecule has 2 unspecified atom stereocenters. The normalized spacial score (nSPS) is 22.6. The van der Waals surface area contributed by atoms with Gasteiger partial charge in [0.1, 0.15) is 0 Å². The second-order valence-corrected chi connectivity index (χ2v) is 4.74. The van der Waals surface area contributed by atoms with Crippen LogP contribution in [-0.4, -0.2) is 28.5 Å². The van der Waals surface area contributed by atoms with E-state index in [1.54, 1.807) is 0 Å². The summed E-state index contributed by atoms with van der Waals surface area (Å²) in [6.07, 6.45) is 4.58. The lowest BCUT2D eigenvalue weighted by atomic mass is 10.0. The van der Waals surface area contributed by atoms with Crippen molar-refractivity contribution >= 4 is 0 Å². The first-order valence-corrected chi connectivity index (χ1v) is 6.02. The van der Waals surface area contributed by atoms with Crippen LogP contribution in [-0.2, 0) is 18.2 Å². The summed E-state index contributed by atoms with van der Waals surface area (Å²) in [4.78, 5) is 0. The Morgan fingerprint density at radius 1 is 1.69 bits per heavy atom. The maximum absolute atomic E-state index is 6.14. The fourth-order valence-electron chi connectivity index (χ4n) is 2.38. The van der Waals surface area contributed by atoms with Gasteiger partial charge in [-0.2, -0.15) is 5.10 Å². The van der Waals surface area contributed by atoms with Crippen LogP contribution in [0, 0.1) is 6.92 Å². The molecule has 2 atom stereocenters. The standard InChI is InChI=1S/C12H21N3O/c1-9-6-11(15(2)14-9)7-10(13)8-12-4-3-5-16-12/h6,10,12H,3-5,7-8,13H2,1-2H3. The molecule has 0 spiro atoms. The van der Waals surface area contributed by atoms with Crippen LogP contribution in [0.3, 0.4) is 0 Å². The molecule has 1 aromatic rings. The Bertz CT molecular complexity index is 342. The lowest BCUT2D eigenvalue weighted by Crippen LogP contribution is -2.28. The van der Waals surface area contributed by atoms with Gasteiger partial charge in [-0.3, -0.25) is 4.68 Å². The van der Waals surface area contributed by atoms with Crippen LogP contribution in [0.1, 0.15) is 30.7 Å². The third-order valence-corrected chi connectivity index (χ3v) is 3.16. The molecular weight excluding hydrogens is 202 g/mol. The number of aromatic nitrogens is 2. The Labute approximate surface area is 96.8 Å². The van der Waals surface area contributed by atoms with E-state index in [1.807, 2.05) is 18.7 Å². The molecule has 90 valence electrons. The van der Waals surface area contributed by atoms with Gasteiger partial charge in [-0.05, 0) is 32.3 Å². The van der Waals surface area contributed by atoms with Crippen LogP contribution < -0.4 is 5.73 Å². The molecule has 1 aliphatic heterocycles. The van der Waals surface area contributed by atoms with Crippen LogP contribution in [0.5, 0.6) is 0 Å². The van der Waals surface area contributed by atoms with Gasteiger partial charge in [-0.25, -0.2) is 0 Å². The molecule has 2 heterocycles. The van der Waals surface area contributed by atoms with Crippen LogP contribution in [0.4, 0.5) is 0 Å². The molecule has 1 saturated heterocycles. The molecule has 2 N–H and O–H groups in total. The Hall–Kier alpha value is -0.870. The summed E-state index contributed by atoms with van der Waals surface area (Å²) in [5.41, 5.74) is 8.41. The predicted octanol–water partition coefficient (Wildman–Crippen LogP) is 1.17. The summed E-state index contributed by atoms with van der Waals surface area (Å²) in [5.74, 6) is 0. The van der Waals surface area contributed by atoms with Gasteiger partial charge in [-0.1, -0.05) is 0 Å². The number of rotatable bonds is 4. The number of hydrogen-bond acceptors (Lipinski definition) is 3. The molecule has 16 heavy (non-hydrogen) atoms. The second-order valence-electron chi connectivity index (χ2n) is 4.74. The van der Waals surface area contributed by atoms with Crippen molar-refractivity contribution < 1.29 is 4.74 Å². The van der Waals surface area contributed by atoms with Crippen molar-refractivity contribution in [2.75, 3.05) is 6.61 Å². The minimum absolute atomic E-state index is 0.179. The number of aryl methyl sites for hydroxylation is 2. The topological polar surface area (TPSA) is 53.1 Å². The summed E-state index contributed by atoms with van der Waals surface area (Å²) < 4.78 is 7.52. The lowest BCUT2D eigenvalue weighted by molar-refractivity contribution is 0.0982. The number of nitrogens with zero attached hydrogens (tertiary/aromatic N) is 2. The molecule has 0 radical (unpaired) electrons. The average molecular weight is 223 g/mol. The van der Waals surface area contributed by atoms with Crippen molar-refractivity contribution in [2.24, 2.45) is 12.8 Å². The van der Waals surface area contributed by atoms with Crippen LogP contribution >= 0.6 is 0 Å². The fourth-order valence-corrected chi connectivity index (χ4v) is 2.38. The molecule has 2 rings (SSSR count). The van der Waals surface area contributed by atoms with Gasteiger partial charge >= 0.3 is 0 Å². The third kappa shape index (κ3) is 2.83. The highest BCUT2D eigenvalue weighted by molar-refractivity contribution is 5.09. The highest BCUT2D eigenvalue weighted by Crippen LogP contribution is 2.17. The van der Waals surface area contributed by atoms with Gasteiger partial charge in [0.05, 0.1) is 11.8 Å². The maximum atomic E-state index is 6.14. The first-order valence-electron chi connectivity index (χ1n) is 6.02. The zero-order valence-corrected chi connectivity index (χ0v) is 10.1. The predicted molar refractivity (Wildman–Crippen MR) is 63.2 cm³/mol. The molecule has 1 aromatic heterocycles. The summed E-state index contributed by atoms with van der Waals surface area (Å²) >= 11 is 0. The smallest absolute Gasteiger partial charge is 0.0596 e. The van der Waals surface area contributed by atoms with Gasteiger partial charge in [-0.15, -0.1) is 0 Å². The Morgan fingerprint density at radius 2 is 2.50 bits per heavy atom. The molecule has 0 amide bonds. The van der Waals surface area contributed by atoms with E-state index in [1.165, 1.54) is 12.1 Å². The van der Waals surface area contributed by atoms with Crippen LogP contribution in [0.25, 0.3) is 0 Å². The van der Waals surface area contributed by atoms with Gasteiger partial charge in [0.25, 0.3) is 0 Å². The van der Waals surface area contributed by atoms with Crippen molar-refractivity contribution in [1.82, 2.24) is 9.78 Å². The lowest BCUT2D eigenvalue weighted by Gasteiger charge is -2.15. The van der Waals surface area contributed by atoms with E-state index in [-0.39, 0.29) is 6.04 Å². The van der Waals surface area contributed by atoms with Crippen molar-refractivity contribution in [3.8, 4) is 0 Å². The fraction of sp³-hybridized carbons (Fsp3) is 0.750. The van der Waals surface area contributed by atoms with E-state index >= 15 is 0 Å². The summed E-state index contributed by atoms with van der Waals surface area (Å²) in [6, 6.07) is 2.29. The molecule has 4 nitrogen and oxygen atoms in total. The molecule has 1 aliphatic rings. The third-order valence-electron chi connectivity index (χ3n) is 3.16. The Balaban J connectivity index is 1.86. The molecule has 0 saturated carbocycles. The minimum Gasteiger partial charge on any atom is -0.378 e. The highest BCUT2D eigenvalue weighted by Gasteiger charge is 2.19. The van der Waals surface area contributed by atoms with E-state index < -0.39 is 0 Å². The molecule has 0 aromatic carbocycles. The summed E-state index contributed by atoms with van der Waals surface area (Å²) in [7, 11) is 1.97. The van der Waals surface area contributed by atoms with E-state index in [4.69, 9.17) is 10.5 Å². The van der Waals surface area contributed by atoms with E-state index in [0.29, 0.717) is 6.10 Å². The monoisotopic (exact) mass is 223 g/mol. The van der Waals surface area contributed by atoms with Crippen molar-refractivity contribution in [1.29, 1.82) is 0 Å². The van der Waals surface area contributed by atoms with Crippen molar-refractivity contribution in [3.63, 3.8) is 0 Å². The van der Waals surface area contributed by atoms with Gasteiger partial charge < -0.3 is 10.5 Å². The average Bonchev–Trinajstić information content (AvgIpc) is 2.78. The van der Waals surface area contributed by atoms with Gasteiger partial charge in [0.2, 0.25) is 0 Å². The van der Waals surface area contributed by atoms with E-state index in [9.17, 15) is 0 Å². The molecule has 4 heteroatoms. The molecule has 1 fully saturated rings. The number of hydrogen-bond donors (Lipinski definition) is 1. The van der Waals surface area contributed by atoms with Crippen molar-refractivity contribution in [2.45, 2.75) is 44.8 Å². The first kappa shape index (κ1) is 11.6. The highest BCUT2D eigenvalue weighted by atomic mass is 16.5. The van der Waals surface area contributed by atoms with E-state index in [0.717, 1.165) is 31.6 Å². The Morgan fingerprint density at radius 3 is 3.06 bits per heavy atom. The largest absolute Gasteiger partial charge is 0.378 e. The maximum Gasteiger partial charge on any atom is 0.0596 e. The summed E-state index contributed by atoms with van der Waals surface area (Å²) in [5, 5.41) is 4.33. The second kappa shape index (κ2) is 4.97. The molecule has 0 bridgehead atoms. The summed E-state index contributed by atoms with van der Waals surface area (Å²) in [6.45, 7) is 2.91. The SMILES string of the molecule is Cc1cc(CC(N)CC2CCCO2)n(C)n1. The zero-order valence-electron chi connectivity index (χ0n) is 10.1. The quantitative estimate of drug-likeness (QED) is 0.833. The number of nitrogens with two attached hydrogens (primary N) is 1. The number of ether oxygens (including phenoxy) is 1. The first-order chi connectivity index (χ1) is 7.65. The molecular formula is C12H21N3O. The van der Waals surface area contributed by atoms with Gasteiger partial charge in [0.15, 0.2) is 0 Å². The van der Waals surface area contributed by atoms with Crippen molar-refractivity contribution in [3.05, 3.63) is 17.5 Å². The van der Waals surface area contributed by atoms with Crippen LogP contribution in [0.15, 0.2) is 6.07 Å². The van der Waals surface area contributed by atoms with Crippen LogP contribution in [0.2, 0.25) is 0 Å². The van der Waals surface area contributed by atoms with E-state index in [2.05, 4.69) is 11.2 Å². The minimum atomic E-state index is 0.179.